The Balaban J connectivity index is 5.80. The van der Waals surface area contributed by atoms with Crippen LogP contribution in [0.1, 0.15) is 60.8 Å². The summed E-state index contributed by atoms with van der Waals surface area (Å²) in [6.45, 7) is 12.4. The average molecular weight is 384 g/mol. The fraction of sp³-hybridized carbons (Fsp3) is 1.00. The van der Waals surface area contributed by atoms with Gasteiger partial charge in [-0.25, -0.2) is 8.42 Å². The van der Waals surface area contributed by atoms with Crippen molar-refractivity contribution in [1.82, 2.24) is 4.31 Å². The summed E-state index contributed by atoms with van der Waals surface area (Å²) in [6, 6.07) is -0.297. The third-order valence-corrected chi connectivity index (χ3v) is 8.50. The molecule has 4 atom stereocenters. The Morgan fingerprint density at radius 2 is 1.71 bits per heavy atom. The van der Waals surface area contributed by atoms with Gasteiger partial charge in [0.2, 0.25) is 10.0 Å². The van der Waals surface area contributed by atoms with Crippen molar-refractivity contribution in [3.8, 4) is 0 Å². The highest BCUT2D eigenvalue weighted by molar-refractivity contribution is 7.92. The number of likely N-dealkylation sites (N-methyl/N-ethyl adjacent to an activating group) is 1. The first kappa shape index (κ1) is 24.2. The maximum Gasteiger partial charge on any atom is 0.211 e. The Kier molecular flexibility index (Phi) is 9.28. The van der Waals surface area contributed by atoms with Crippen molar-refractivity contribution in [3.05, 3.63) is 0 Å². The molecule has 24 heavy (non-hydrogen) atoms. The molecule has 0 aliphatic heterocycles. The van der Waals surface area contributed by atoms with E-state index < -0.39 is 21.2 Å². The predicted octanol–water partition coefficient (Wildman–Crippen LogP) is 3.03. The van der Waals surface area contributed by atoms with Crippen LogP contribution in [0.2, 0.25) is 0 Å². The van der Waals surface area contributed by atoms with Gasteiger partial charge in [-0.1, -0.05) is 31.9 Å². The summed E-state index contributed by atoms with van der Waals surface area (Å²) in [5, 5.41) is 0. The van der Waals surface area contributed by atoms with Crippen molar-refractivity contribution in [3.63, 3.8) is 0 Å². The van der Waals surface area contributed by atoms with Crippen molar-refractivity contribution in [2.45, 2.75) is 77.7 Å². The molecule has 0 heterocycles. The second-order valence-electron chi connectivity index (χ2n) is 7.62. The lowest BCUT2D eigenvalue weighted by Crippen LogP contribution is -2.53. The van der Waals surface area contributed by atoms with Gasteiger partial charge in [0.15, 0.2) is 0 Å². The van der Waals surface area contributed by atoms with Crippen LogP contribution in [0, 0.1) is 5.41 Å². The second-order valence-corrected chi connectivity index (χ2v) is 11.6. The lowest BCUT2D eigenvalue weighted by Gasteiger charge is -2.45. The van der Waals surface area contributed by atoms with Gasteiger partial charge in [0.1, 0.15) is 4.75 Å². The van der Waals surface area contributed by atoms with Crippen molar-refractivity contribution in [2.75, 3.05) is 26.2 Å². The van der Waals surface area contributed by atoms with E-state index in [0.717, 1.165) is 12.8 Å². The summed E-state index contributed by atoms with van der Waals surface area (Å²) in [4.78, 5) is 0. The van der Waals surface area contributed by atoms with E-state index in [4.69, 9.17) is 4.74 Å². The van der Waals surface area contributed by atoms with E-state index in [9.17, 15) is 13.0 Å². The Morgan fingerprint density at radius 1 is 1.21 bits per heavy atom. The number of hydrogen-bond donors (Lipinski definition) is 0. The molecule has 0 fully saturated rings. The highest BCUT2D eigenvalue weighted by Gasteiger charge is 2.46. The van der Waals surface area contributed by atoms with Gasteiger partial charge in [-0.05, 0) is 39.0 Å². The van der Waals surface area contributed by atoms with Crippen molar-refractivity contribution in [2.24, 2.45) is 5.41 Å². The van der Waals surface area contributed by atoms with Crippen molar-refractivity contribution < 1.29 is 17.7 Å². The van der Waals surface area contributed by atoms with Gasteiger partial charge in [0.25, 0.3) is 0 Å². The number of hydrogen-bond acceptors (Lipinski definition) is 4. The summed E-state index contributed by atoms with van der Waals surface area (Å²) >= 11 is -0.989. The minimum atomic E-state index is -3.35. The Labute approximate surface area is 152 Å². The summed E-state index contributed by atoms with van der Waals surface area (Å²) in [5.74, 6) is 0. The zero-order valence-corrected chi connectivity index (χ0v) is 18.5. The van der Waals surface area contributed by atoms with Gasteiger partial charge >= 0.3 is 0 Å². The number of rotatable bonds is 11. The quantitative estimate of drug-likeness (QED) is 0.514. The molecule has 0 amide bonds. The van der Waals surface area contributed by atoms with Crippen molar-refractivity contribution >= 4 is 21.2 Å². The molecule has 0 aromatic heterocycles. The standard InChI is InChI=1S/C17H37NO4S2/c1-10-16(5,13-17(6,11-2)23(8)19)15(12-22-14(3)4)18(7)24(9,20)21/h14-15H,10-13H2,1-9H3/t15?,16?,17?,23-/m0/s1. The van der Waals surface area contributed by atoms with Gasteiger partial charge in [-0.15, -0.1) is 0 Å². The molecule has 0 N–H and O–H groups in total. The van der Waals surface area contributed by atoms with Crippen molar-refractivity contribution in [1.29, 1.82) is 0 Å². The van der Waals surface area contributed by atoms with Gasteiger partial charge < -0.3 is 9.29 Å². The predicted molar refractivity (Wildman–Crippen MR) is 103 cm³/mol. The molecule has 0 aliphatic rings. The molecule has 0 rings (SSSR count). The third-order valence-electron chi connectivity index (χ3n) is 5.38. The molecule has 0 spiro atoms. The van der Waals surface area contributed by atoms with Crippen LogP contribution in [0.15, 0.2) is 0 Å². The molecular formula is C17H37NO4S2. The van der Waals surface area contributed by atoms with Crippen LogP contribution < -0.4 is 0 Å². The fourth-order valence-electron chi connectivity index (χ4n) is 3.02. The summed E-state index contributed by atoms with van der Waals surface area (Å²) in [5.41, 5.74) is -0.330. The van der Waals surface area contributed by atoms with Gasteiger partial charge in [0.05, 0.1) is 31.3 Å². The maximum atomic E-state index is 12.3. The van der Waals surface area contributed by atoms with Gasteiger partial charge in [-0.3, -0.25) is 0 Å². The Hall–Kier alpha value is 0.180. The van der Waals surface area contributed by atoms with Crippen LogP contribution in [0.5, 0.6) is 0 Å². The van der Waals surface area contributed by atoms with E-state index in [0.29, 0.717) is 13.0 Å². The zero-order chi connectivity index (χ0) is 19.3. The molecule has 0 bridgehead atoms. The topological polar surface area (TPSA) is 69.7 Å². The van der Waals surface area contributed by atoms with E-state index in [1.807, 2.05) is 27.7 Å². The molecule has 0 radical (unpaired) electrons. The lowest BCUT2D eigenvalue weighted by molar-refractivity contribution is -0.000515. The fourth-order valence-corrected chi connectivity index (χ4v) is 4.74. The molecule has 0 saturated heterocycles. The number of sulfonamides is 1. The summed E-state index contributed by atoms with van der Waals surface area (Å²) < 4.78 is 43.5. The average Bonchev–Trinajstić information content (AvgIpc) is 2.45. The van der Waals surface area contributed by atoms with Crippen LogP contribution >= 0.6 is 0 Å². The molecule has 0 aliphatic carbocycles. The minimum absolute atomic E-state index is 0.0273. The van der Waals surface area contributed by atoms with E-state index in [1.54, 1.807) is 13.3 Å². The maximum absolute atomic E-state index is 12.3. The summed E-state index contributed by atoms with van der Waals surface area (Å²) in [7, 11) is -1.73. The van der Waals surface area contributed by atoms with Gasteiger partial charge in [0, 0.05) is 13.5 Å². The first-order valence-electron chi connectivity index (χ1n) is 8.61. The molecule has 3 unspecified atom stereocenters. The van der Waals surface area contributed by atoms with E-state index in [2.05, 4.69) is 13.8 Å². The van der Waals surface area contributed by atoms with Crippen LogP contribution in [0.4, 0.5) is 0 Å². The normalized spacial score (nSPS) is 20.7. The zero-order valence-electron chi connectivity index (χ0n) is 16.9. The first-order chi connectivity index (χ1) is 10.7. The molecule has 146 valence electrons. The SMILES string of the molecule is CCC(C)(CC(C)(CC)[S@+](C)[O-])C(COC(C)C)N(C)S(C)(=O)=O. The number of ether oxygens (including phenoxy) is 1. The highest BCUT2D eigenvalue weighted by Crippen LogP contribution is 2.42. The van der Waals surface area contributed by atoms with Gasteiger partial charge in [-0.2, -0.15) is 4.31 Å². The molecule has 0 aromatic rings. The molecular weight excluding hydrogens is 346 g/mol. The summed E-state index contributed by atoms with van der Waals surface area (Å²) in [6.07, 6.45) is 5.24. The number of nitrogens with zero attached hydrogens (tertiary/aromatic N) is 1. The van der Waals surface area contributed by atoms with E-state index >= 15 is 0 Å². The first-order valence-corrected chi connectivity index (χ1v) is 12.0. The van der Waals surface area contributed by atoms with E-state index in [-0.39, 0.29) is 22.3 Å². The van der Waals surface area contributed by atoms with Crippen LogP contribution in [-0.4, -0.2) is 60.3 Å². The monoisotopic (exact) mass is 383 g/mol. The Bertz CT molecular complexity index is 481. The molecule has 7 heteroatoms. The highest BCUT2D eigenvalue weighted by atomic mass is 32.2. The lowest BCUT2D eigenvalue weighted by atomic mass is 9.72. The molecule has 0 saturated carbocycles. The smallest absolute Gasteiger partial charge is 0.211 e. The van der Waals surface area contributed by atoms with Crippen LogP contribution in [-0.2, 0) is 25.9 Å². The van der Waals surface area contributed by atoms with E-state index in [1.165, 1.54) is 10.6 Å². The van der Waals surface area contributed by atoms with Crippen LogP contribution in [0.25, 0.3) is 0 Å². The van der Waals surface area contributed by atoms with Crippen LogP contribution in [0.3, 0.4) is 0 Å². The third kappa shape index (κ3) is 6.48. The minimum Gasteiger partial charge on any atom is -0.616 e. The second kappa shape index (κ2) is 9.21. The largest absolute Gasteiger partial charge is 0.616 e. The molecule has 5 nitrogen and oxygen atoms in total. The molecule has 0 aromatic carbocycles. The Morgan fingerprint density at radius 3 is 2.00 bits per heavy atom.